The van der Waals surface area contributed by atoms with Crippen molar-refractivity contribution in [1.29, 1.82) is 0 Å². The minimum absolute atomic E-state index is 0.699. The number of thiophene rings is 1. The van der Waals surface area contributed by atoms with Crippen molar-refractivity contribution in [1.82, 2.24) is 14.5 Å². The van der Waals surface area contributed by atoms with Crippen molar-refractivity contribution in [2.75, 3.05) is 0 Å². The molecule has 0 atom stereocenters. The van der Waals surface area contributed by atoms with E-state index < -0.39 is 0 Å². The molecule has 4 aromatic carbocycles. The van der Waals surface area contributed by atoms with E-state index in [0.717, 1.165) is 33.2 Å². The third-order valence-electron chi connectivity index (χ3n) is 6.09. The summed E-state index contributed by atoms with van der Waals surface area (Å²) in [7, 11) is 0. The van der Waals surface area contributed by atoms with Crippen LogP contribution in [0.1, 0.15) is 0 Å². The van der Waals surface area contributed by atoms with Crippen LogP contribution < -0.4 is 0 Å². The van der Waals surface area contributed by atoms with Gasteiger partial charge in [0.05, 0.1) is 22.2 Å². The third kappa shape index (κ3) is 2.47. The second-order valence-electron chi connectivity index (χ2n) is 7.91. The van der Waals surface area contributed by atoms with Gasteiger partial charge in [-0.05, 0) is 35.0 Å². The van der Waals surface area contributed by atoms with Gasteiger partial charge >= 0.3 is 0 Å². The van der Waals surface area contributed by atoms with Gasteiger partial charge in [-0.15, -0.1) is 11.3 Å². The predicted octanol–water partition coefficient (Wildman–Crippen LogP) is 7.61. The zero-order valence-corrected chi connectivity index (χ0v) is 17.9. The highest BCUT2D eigenvalue weighted by Gasteiger charge is 2.18. The first kappa shape index (κ1) is 17.6. The molecule has 0 N–H and O–H groups in total. The molecule has 0 bridgehead atoms. The molecule has 0 amide bonds. The molecular weight excluding hydrogens is 410 g/mol. The maximum atomic E-state index is 5.14. The van der Waals surface area contributed by atoms with Crippen LogP contribution in [0, 0.1) is 0 Å². The molecule has 0 saturated heterocycles. The number of fused-ring (bicyclic) bond motifs is 6. The van der Waals surface area contributed by atoms with E-state index >= 15 is 0 Å². The van der Waals surface area contributed by atoms with Gasteiger partial charge in [-0.3, -0.25) is 4.57 Å². The average Bonchev–Trinajstić information content (AvgIpc) is 3.46. The molecule has 0 fully saturated rings. The van der Waals surface area contributed by atoms with Gasteiger partial charge in [-0.2, -0.15) is 0 Å². The predicted molar refractivity (Wildman–Crippen MR) is 135 cm³/mol. The molecule has 7 aromatic rings. The lowest BCUT2D eigenvalue weighted by Crippen LogP contribution is -2.03. The lowest BCUT2D eigenvalue weighted by atomic mass is 10.1. The molecule has 0 saturated carbocycles. The van der Waals surface area contributed by atoms with Crippen molar-refractivity contribution in [3.63, 3.8) is 0 Å². The number of para-hydroxylation sites is 2. The molecule has 32 heavy (non-hydrogen) atoms. The Bertz CT molecular complexity index is 1780. The Labute approximate surface area is 188 Å². The first-order valence-electron chi connectivity index (χ1n) is 10.6. The Hall–Kier alpha value is -4.02. The lowest BCUT2D eigenvalue weighted by molar-refractivity contribution is 1.01. The fraction of sp³-hybridized carbons (Fsp3) is 0. The Balaban J connectivity index is 1.64. The summed E-state index contributed by atoms with van der Waals surface area (Å²) in [5.74, 6) is 0.699. The molecule has 150 valence electrons. The van der Waals surface area contributed by atoms with Crippen molar-refractivity contribution >= 4 is 54.1 Å². The normalized spacial score (nSPS) is 11.8. The van der Waals surface area contributed by atoms with Crippen LogP contribution in [-0.4, -0.2) is 14.5 Å². The molecule has 7 rings (SSSR count). The topological polar surface area (TPSA) is 30.7 Å². The molecule has 0 aliphatic heterocycles. The maximum absolute atomic E-state index is 5.14. The SMILES string of the molecule is c1ccc(-c2nc(-n3c4ccccc4c4c5sccc5ccc43)nc3ccccc23)cc1. The molecule has 4 heteroatoms. The van der Waals surface area contributed by atoms with Crippen LogP contribution in [0.3, 0.4) is 0 Å². The summed E-state index contributed by atoms with van der Waals surface area (Å²) in [5.41, 5.74) is 5.25. The fourth-order valence-corrected chi connectivity index (χ4v) is 5.63. The number of aromatic nitrogens is 3. The monoisotopic (exact) mass is 427 g/mol. The van der Waals surface area contributed by atoms with Crippen LogP contribution in [-0.2, 0) is 0 Å². The fourth-order valence-electron chi connectivity index (χ4n) is 4.67. The first-order valence-corrected chi connectivity index (χ1v) is 11.5. The van der Waals surface area contributed by atoms with Crippen LogP contribution in [0.25, 0.3) is 60.0 Å². The van der Waals surface area contributed by atoms with Gasteiger partial charge in [0.15, 0.2) is 0 Å². The summed E-state index contributed by atoms with van der Waals surface area (Å²) in [5, 5.41) is 6.99. The lowest BCUT2D eigenvalue weighted by Gasteiger charge is -2.11. The Morgan fingerprint density at radius 1 is 0.625 bits per heavy atom. The summed E-state index contributed by atoms with van der Waals surface area (Å²) in [4.78, 5) is 10.2. The van der Waals surface area contributed by atoms with Crippen molar-refractivity contribution < 1.29 is 0 Å². The van der Waals surface area contributed by atoms with Gasteiger partial charge in [0.2, 0.25) is 5.95 Å². The van der Waals surface area contributed by atoms with Crippen molar-refractivity contribution in [3.05, 3.63) is 102 Å². The van der Waals surface area contributed by atoms with Crippen molar-refractivity contribution in [3.8, 4) is 17.2 Å². The second kappa shape index (κ2) is 6.74. The number of hydrogen-bond donors (Lipinski definition) is 0. The highest BCUT2D eigenvalue weighted by molar-refractivity contribution is 7.18. The van der Waals surface area contributed by atoms with E-state index in [9.17, 15) is 0 Å². The standard InChI is InChI=1S/C28H17N3S/c1-2-8-18(9-3-1)26-20-10-4-6-12-22(20)29-28(30-26)31-23-13-7-5-11-21(23)25-24(31)15-14-19-16-17-32-27(19)25/h1-17H. The van der Waals surface area contributed by atoms with Crippen LogP contribution >= 0.6 is 11.3 Å². The highest BCUT2D eigenvalue weighted by Crippen LogP contribution is 2.39. The average molecular weight is 428 g/mol. The minimum atomic E-state index is 0.699. The summed E-state index contributed by atoms with van der Waals surface area (Å²) in [6.45, 7) is 0. The maximum Gasteiger partial charge on any atom is 0.235 e. The summed E-state index contributed by atoms with van der Waals surface area (Å²) in [6, 6.07) is 33.8. The highest BCUT2D eigenvalue weighted by atomic mass is 32.1. The van der Waals surface area contributed by atoms with Crippen LogP contribution in [0.5, 0.6) is 0 Å². The quantitative estimate of drug-likeness (QED) is 0.284. The van der Waals surface area contributed by atoms with Crippen LogP contribution in [0.15, 0.2) is 102 Å². The summed E-state index contributed by atoms with van der Waals surface area (Å²) >= 11 is 1.79. The molecule has 3 nitrogen and oxygen atoms in total. The largest absolute Gasteiger partial charge is 0.278 e. The second-order valence-corrected chi connectivity index (χ2v) is 8.82. The Kier molecular flexibility index (Phi) is 3.72. The zero-order chi connectivity index (χ0) is 21.1. The van der Waals surface area contributed by atoms with E-state index in [1.165, 1.54) is 20.9 Å². The first-order chi connectivity index (χ1) is 15.9. The number of hydrogen-bond acceptors (Lipinski definition) is 3. The molecule has 0 aliphatic carbocycles. The molecule has 0 aliphatic rings. The molecule has 3 aromatic heterocycles. The Morgan fingerprint density at radius 2 is 1.41 bits per heavy atom. The molecule has 3 heterocycles. The zero-order valence-electron chi connectivity index (χ0n) is 17.1. The number of nitrogens with zero attached hydrogens (tertiary/aromatic N) is 3. The van der Waals surface area contributed by atoms with E-state index in [-0.39, 0.29) is 0 Å². The number of rotatable bonds is 2. The van der Waals surface area contributed by atoms with E-state index in [4.69, 9.17) is 9.97 Å². The van der Waals surface area contributed by atoms with E-state index in [0.29, 0.717) is 5.95 Å². The molecule has 0 unspecified atom stereocenters. The van der Waals surface area contributed by atoms with E-state index in [1.807, 2.05) is 18.2 Å². The van der Waals surface area contributed by atoms with Gasteiger partial charge < -0.3 is 0 Å². The Morgan fingerprint density at radius 3 is 2.31 bits per heavy atom. The molecule has 0 radical (unpaired) electrons. The van der Waals surface area contributed by atoms with Gasteiger partial charge in [-0.1, -0.05) is 72.8 Å². The summed E-state index contributed by atoms with van der Waals surface area (Å²) < 4.78 is 3.52. The van der Waals surface area contributed by atoms with Gasteiger partial charge in [0, 0.05) is 26.4 Å². The molecule has 0 spiro atoms. The van der Waals surface area contributed by atoms with Gasteiger partial charge in [0.25, 0.3) is 0 Å². The van der Waals surface area contributed by atoms with Crippen molar-refractivity contribution in [2.24, 2.45) is 0 Å². The van der Waals surface area contributed by atoms with Crippen molar-refractivity contribution in [2.45, 2.75) is 0 Å². The summed E-state index contributed by atoms with van der Waals surface area (Å²) in [6.07, 6.45) is 0. The number of benzene rings is 4. The smallest absolute Gasteiger partial charge is 0.235 e. The van der Waals surface area contributed by atoms with Gasteiger partial charge in [-0.25, -0.2) is 9.97 Å². The van der Waals surface area contributed by atoms with Crippen LogP contribution in [0.2, 0.25) is 0 Å². The third-order valence-corrected chi connectivity index (χ3v) is 7.04. The minimum Gasteiger partial charge on any atom is -0.278 e. The van der Waals surface area contributed by atoms with E-state index in [2.05, 4.69) is 88.8 Å². The van der Waals surface area contributed by atoms with E-state index in [1.54, 1.807) is 11.3 Å². The molecular formula is C28H17N3S. The van der Waals surface area contributed by atoms with Gasteiger partial charge in [0.1, 0.15) is 0 Å². The van der Waals surface area contributed by atoms with Crippen LogP contribution in [0.4, 0.5) is 0 Å².